The Balaban J connectivity index is 1.55. The van der Waals surface area contributed by atoms with Crippen LogP contribution in [0.5, 0.6) is 5.75 Å². The van der Waals surface area contributed by atoms with Crippen molar-refractivity contribution >= 4 is 5.91 Å². The van der Waals surface area contributed by atoms with Crippen LogP contribution >= 0.6 is 0 Å². The maximum Gasteiger partial charge on any atom is 0.261 e. The van der Waals surface area contributed by atoms with Gasteiger partial charge in [-0.05, 0) is 54.4 Å². The van der Waals surface area contributed by atoms with Crippen molar-refractivity contribution in [3.8, 4) is 22.7 Å². The van der Waals surface area contributed by atoms with Gasteiger partial charge < -0.3 is 15.4 Å². The summed E-state index contributed by atoms with van der Waals surface area (Å²) in [7, 11) is 0. The molecule has 1 amide bonds. The van der Waals surface area contributed by atoms with Crippen molar-refractivity contribution in [1.29, 1.82) is 0 Å². The summed E-state index contributed by atoms with van der Waals surface area (Å²) in [6, 6.07) is 13.5. The Kier molecular flexibility index (Phi) is 5.13. The van der Waals surface area contributed by atoms with E-state index in [0.717, 1.165) is 11.1 Å². The lowest BCUT2D eigenvalue weighted by molar-refractivity contribution is 0.0949. The molecule has 0 bridgehead atoms. The molecule has 0 aliphatic heterocycles. The lowest BCUT2D eigenvalue weighted by Crippen LogP contribution is -2.29. The van der Waals surface area contributed by atoms with E-state index < -0.39 is 11.5 Å². The SMILES string of the molecule is Cc1[nH]c(=O)c(C(=O)NCc2ccnc(-n3cccn3)c2)cc1-c1ccc(O)cc1. The molecule has 0 radical (unpaired) electrons. The monoisotopic (exact) mass is 401 g/mol. The molecule has 1 aromatic carbocycles. The first-order valence-corrected chi connectivity index (χ1v) is 9.28. The number of nitrogens with zero attached hydrogens (tertiary/aromatic N) is 3. The Bertz CT molecular complexity index is 1240. The molecule has 0 aliphatic rings. The van der Waals surface area contributed by atoms with Crippen LogP contribution in [0, 0.1) is 6.92 Å². The van der Waals surface area contributed by atoms with Gasteiger partial charge in [0.05, 0.1) is 0 Å². The first-order chi connectivity index (χ1) is 14.5. The third-order valence-corrected chi connectivity index (χ3v) is 4.66. The normalized spacial score (nSPS) is 10.7. The minimum atomic E-state index is -0.478. The van der Waals surface area contributed by atoms with Gasteiger partial charge in [0.15, 0.2) is 5.82 Å². The molecule has 0 saturated heterocycles. The zero-order chi connectivity index (χ0) is 21.1. The molecular weight excluding hydrogens is 382 g/mol. The van der Waals surface area contributed by atoms with Crippen LogP contribution in [0.4, 0.5) is 0 Å². The number of hydrogen-bond acceptors (Lipinski definition) is 5. The molecule has 4 aromatic rings. The lowest BCUT2D eigenvalue weighted by atomic mass is 10.0. The molecule has 0 fully saturated rings. The van der Waals surface area contributed by atoms with E-state index in [9.17, 15) is 14.7 Å². The molecule has 0 unspecified atom stereocenters. The first-order valence-electron chi connectivity index (χ1n) is 9.28. The van der Waals surface area contributed by atoms with Crippen molar-refractivity contribution < 1.29 is 9.90 Å². The largest absolute Gasteiger partial charge is 0.508 e. The predicted octanol–water partition coefficient (Wildman–Crippen LogP) is 2.57. The molecule has 3 aromatic heterocycles. The molecule has 0 spiro atoms. The van der Waals surface area contributed by atoms with Gasteiger partial charge in [-0.1, -0.05) is 12.1 Å². The van der Waals surface area contributed by atoms with Gasteiger partial charge in [-0.2, -0.15) is 5.10 Å². The summed E-state index contributed by atoms with van der Waals surface area (Å²) in [5.74, 6) is 0.300. The summed E-state index contributed by atoms with van der Waals surface area (Å²) in [5, 5.41) is 16.4. The molecule has 3 N–H and O–H groups in total. The number of hydrogen-bond donors (Lipinski definition) is 3. The maximum absolute atomic E-state index is 12.7. The average Bonchev–Trinajstić information content (AvgIpc) is 3.28. The molecule has 0 saturated carbocycles. The number of pyridine rings is 2. The minimum absolute atomic E-state index is 0.0185. The van der Waals surface area contributed by atoms with Gasteiger partial charge in [0.1, 0.15) is 11.3 Å². The standard InChI is InChI=1S/C22H19N5O3/c1-14-18(16-3-5-17(28)6-4-16)12-19(22(30)26-14)21(29)24-13-15-7-9-23-20(11-15)27-10-2-8-25-27/h2-12,28H,13H2,1H3,(H,24,29)(H,26,30). The highest BCUT2D eigenvalue weighted by Crippen LogP contribution is 2.24. The Morgan fingerprint density at radius 2 is 1.97 bits per heavy atom. The number of rotatable bonds is 5. The van der Waals surface area contributed by atoms with Crippen LogP contribution in [0.25, 0.3) is 16.9 Å². The van der Waals surface area contributed by atoms with Gasteiger partial charge in [-0.25, -0.2) is 9.67 Å². The van der Waals surface area contributed by atoms with Crippen molar-refractivity contribution in [2.24, 2.45) is 0 Å². The Morgan fingerprint density at radius 3 is 2.70 bits per heavy atom. The number of H-pyrrole nitrogens is 1. The zero-order valence-corrected chi connectivity index (χ0v) is 16.2. The fourth-order valence-corrected chi connectivity index (χ4v) is 3.11. The summed E-state index contributed by atoms with van der Waals surface area (Å²) in [6.07, 6.45) is 5.08. The highest BCUT2D eigenvalue weighted by Gasteiger charge is 2.14. The van der Waals surface area contributed by atoms with Crippen molar-refractivity contribution in [3.05, 3.63) is 94.3 Å². The van der Waals surface area contributed by atoms with E-state index >= 15 is 0 Å². The minimum Gasteiger partial charge on any atom is -0.508 e. The number of aryl methyl sites for hydroxylation is 1. The second kappa shape index (κ2) is 8.04. The van der Waals surface area contributed by atoms with Gasteiger partial charge in [0, 0.05) is 36.4 Å². The number of aromatic nitrogens is 4. The first kappa shape index (κ1) is 19.1. The van der Waals surface area contributed by atoms with Gasteiger partial charge >= 0.3 is 0 Å². The van der Waals surface area contributed by atoms with Crippen molar-refractivity contribution in [1.82, 2.24) is 25.1 Å². The number of amides is 1. The van der Waals surface area contributed by atoms with E-state index in [2.05, 4.69) is 20.4 Å². The van der Waals surface area contributed by atoms with Gasteiger partial charge in [-0.15, -0.1) is 0 Å². The van der Waals surface area contributed by atoms with Crippen LogP contribution in [-0.4, -0.2) is 30.8 Å². The van der Waals surface area contributed by atoms with E-state index in [1.165, 1.54) is 0 Å². The molecular formula is C22H19N5O3. The van der Waals surface area contributed by atoms with Crippen LogP contribution in [-0.2, 0) is 6.54 Å². The van der Waals surface area contributed by atoms with Gasteiger partial charge in [0.25, 0.3) is 11.5 Å². The second-order valence-electron chi connectivity index (χ2n) is 6.75. The summed E-state index contributed by atoms with van der Waals surface area (Å²) in [6.45, 7) is 2.00. The van der Waals surface area contributed by atoms with E-state index in [-0.39, 0.29) is 17.9 Å². The molecule has 3 heterocycles. The molecule has 8 heteroatoms. The third-order valence-electron chi connectivity index (χ3n) is 4.66. The van der Waals surface area contributed by atoms with Crippen molar-refractivity contribution in [3.63, 3.8) is 0 Å². The molecule has 0 aliphatic carbocycles. The number of phenolic OH excluding ortho intramolecular Hbond substituents is 1. The fourth-order valence-electron chi connectivity index (χ4n) is 3.11. The number of benzene rings is 1. The van der Waals surface area contributed by atoms with E-state index in [4.69, 9.17) is 0 Å². The Morgan fingerprint density at radius 1 is 1.17 bits per heavy atom. The number of aromatic hydroxyl groups is 1. The highest BCUT2D eigenvalue weighted by atomic mass is 16.3. The van der Waals surface area contributed by atoms with Crippen molar-refractivity contribution in [2.75, 3.05) is 0 Å². The highest BCUT2D eigenvalue weighted by molar-refractivity contribution is 5.95. The van der Waals surface area contributed by atoms with Gasteiger partial charge in [0.2, 0.25) is 0 Å². The second-order valence-corrected chi connectivity index (χ2v) is 6.75. The summed E-state index contributed by atoms with van der Waals surface area (Å²) in [4.78, 5) is 32.0. The molecule has 4 rings (SSSR count). The number of phenols is 1. The number of carbonyl (C=O) groups is 1. The molecule has 30 heavy (non-hydrogen) atoms. The third kappa shape index (κ3) is 3.97. The number of carbonyl (C=O) groups excluding carboxylic acids is 1. The topological polar surface area (TPSA) is 113 Å². The van der Waals surface area contributed by atoms with Crippen molar-refractivity contribution in [2.45, 2.75) is 13.5 Å². The lowest BCUT2D eigenvalue weighted by Gasteiger charge is -2.10. The zero-order valence-electron chi connectivity index (χ0n) is 16.2. The summed E-state index contributed by atoms with van der Waals surface area (Å²) in [5.41, 5.74) is 2.52. The van der Waals surface area contributed by atoms with E-state index in [1.54, 1.807) is 72.7 Å². The summed E-state index contributed by atoms with van der Waals surface area (Å²) < 4.78 is 1.62. The fraction of sp³-hybridized carbons (Fsp3) is 0.0909. The quantitative estimate of drug-likeness (QED) is 0.476. The molecule has 0 atom stereocenters. The summed E-state index contributed by atoms with van der Waals surface area (Å²) >= 11 is 0. The van der Waals surface area contributed by atoms with Crippen LogP contribution in [0.2, 0.25) is 0 Å². The van der Waals surface area contributed by atoms with Gasteiger partial charge in [-0.3, -0.25) is 9.59 Å². The maximum atomic E-state index is 12.7. The predicted molar refractivity (Wildman–Crippen MR) is 111 cm³/mol. The smallest absolute Gasteiger partial charge is 0.261 e. The Hall–Kier alpha value is -4.20. The van der Waals surface area contributed by atoms with Crippen LogP contribution in [0.1, 0.15) is 21.6 Å². The average molecular weight is 401 g/mol. The Labute approximate surface area is 171 Å². The number of aromatic amines is 1. The number of nitrogens with one attached hydrogen (secondary N) is 2. The van der Waals surface area contributed by atoms with Crippen LogP contribution in [0.3, 0.4) is 0 Å². The van der Waals surface area contributed by atoms with Crippen LogP contribution in [0.15, 0.2) is 71.9 Å². The molecule has 8 nitrogen and oxygen atoms in total. The van der Waals surface area contributed by atoms with E-state index in [1.807, 2.05) is 6.07 Å². The van der Waals surface area contributed by atoms with Crippen LogP contribution < -0.4 is 10.9 Å². The molecule has 150 valence electrons. The van der Waals surface area contributed by atoms with E-state index in [0.29, 0.717) is 17.1 Å².